The predicted octanol–water partition coefficient (Wildman–Crippen LogP) is -0.500. The van der Waals surface area contributed by atoms with Gasteiger partial charge in [0.1, 0.15) is 5.54 Å². The molecule has 6 nitrogen and oxygen atoms in total. The first-order valence-corrected chi connectivity index (χ1v) is 7.15. The molecule has 3 aliphatic heterocycles. The Morgan fingerprint density at radius 2 is 2.00 bits per heavy atom. The van der Waals surface area contributed by atoms with E-state index in [1.54, 1.807) is 0 Å². The van der Waals surface area contributed by atoms with Gasteiger partial charge in [-0.05, 0) is 19.3 Å². The molecule has 0 aromatic heterocycles. The molecule has 0 aliphatic carbocycles. The maximum absolute atomic E-state index is 12.2. The van der Waals surface area contributed by atoms with E-state index >= 15 is 0 Å². The molecule has 106 valence electrons. The van der Waals surface area contributed by atoms with E-state index in [0.29, 0.717) is 13.1 Å². The van der Waals surface area contributed by atoms with Crippen LogP contribution in [0.25, 0.3) is 0 Å². The summed E-state index contributed by atoms with van der Waals surface area (Å²) >= 11 is 0. The van der Waals surface area contributed by atoms with Crippen LogP contribution >= 0.6 is 0 Å². The highest BCUT2D eigenvalue weighted by Gasteiger charge is 2.60. The highest BCUT2D eigenvalue weighted by Crippen LogP contribution is 2.40. The summed E-state index contributed by atoms with van der Waals surface area (Å²) in [7, 11) is 0. The fraction of sp³-hybridized carbons (Fsp3) is 0.846. The van der Waals surface area contributed by atoms with Crippen molar-refractivity contribution < 1.29 is 14.7 Å². The van der Waals surface area contributed by atoms with Crippen LogP contribution in [0.15, 0.2) is 0 Å². The number of rotatable bonds is 2. The Balaban J connectivity index is 1.95. The zero-order valence-electron chi connectivity index (χ0n) is 11.1. The second kappa shape index (κ2) is 4.76. The van der Waals surface area contributed by atoms with Crippen LogP contribution < -0.4 is 5.32 Å². The molecule has 0 saturated carbocycles. The van der Waals surface area contributed by atoms with Crippen molar-refractivity contribution in [1.82, 2.24) is 15.1 Å². The molecule has 2 unspecified atom stereocenters. The van der Waals surface area contributed by atoms with E-state index in [-0.39, 0.29) is 18.4 Å². The summed E-state index contributed by atoms with van der Waals surface area (Å²) in [6.07, 6.45) is 2.99. The Hall–Kier alpha value is -1.14. The molecule has 2 atom stereocenters. The Bertz CT molecular complexity index is 395. The molecule has 3 heterocycles. The van der Waals surface area contributed by atoms with Crippen molar-refractivity contribution in [3.05, 3.63) is 0 Å². The number of carbonyl (C=O) groups is 2. The van der Waals surface area contributed by atoms with Crippen molar-refractivity contribution in [1.29, 1.82) is 0 Å². The average Bonchev–Trinajstić information content (AvgIpc) is 2.75. The molecule has 3 fully saturated rings. The zero-order chi connectivity index (χ0) is 13.5. The molecule has 19 heavy (non-hydrogen) atoms. The van der Waals surface area contributed by atoms with Crippen LogP contribution in [0.3, 0.4) is 0 Å². The first-order valence-electron chi connectivity index (χ1n) is 7.15. The fourth-order valence-corrected chi connectivity index (χ4v) is 3.92. The Morgan fingerprint density at radius 1 is 1.26 bits per heavy atom. The van der Waals surface area contributed by atoms with Crippen molar-refractivity contribution >= 4 is 11.9 Å². The number of nitrogens with one attached hydrogen (secondary N) is 1. The van der Waals surface area contributed by atoms with Gasteiger partial charge < -0.3 is 15.3 Å². The first kappa shape index (κ1) is 12.9. The number of fused-ring (bicyclic) bond motifs is 1. The lowest BCUT2D eigenvalue weighted by molar-refractivity contribution is -0.155. The standard InChI is InChI=1S/C13H21N3O3/c17-11-9-13(12(18)19,15-7-4-14-5-8-15)10-3-1-2-6-16(10)11/h10,14H,1-9H2,(H,18,19). The number of hydrogen-bond acceptors (Lipinski definition) is 4. The molecule has 0 aromatic rings. The van der Waals surface area contributed by atoms with Crippen LogP contribution in [0, 0.1) is 0 Å². The van der Waals surface area contributed by atoms with Crippen molar-refractivity contribution in [2.45, 2.75) is 37.3 Å². The summed E-state index contributed by atoms with van der Waals surface area (Å²) in [6, 6.07) is -0.135. The Morgan fingerprint density at radius 3 is 2.68 bits per heavy atom. The van der Waals surface area contributed by atoms with Crippen LogP contribution in [-0.4, -0.2) is 71.1 Å². The maximum atomic E-state index is 12.2. The van der Waals surface area contributed by atoms with Gasteiger partial charge in [-0.3, -0.25) is 14.5 Å². The minimum atomic E-state index is -0.987. The highest BCUT2D eigenvalue weighted by molar-refractivity contribution is 5.93. The lowest BCUT2D eigenvalue weighted by Gasteiger charge is -2.45. The minimum absolute atomic E-state index is 0.0191. The van der Waals surface area contributed by atoms with Gasteiger partial charge in [0.05, 0.1) is 12.5 Å². The molecule has 0 aromatic carbocycles. The van der Waals surface area contributed by atoms with Gasteiger partial charge in [0.15, 0.2) is 0 Å². The molecular formula is C13H21N3O3. The molecule has 0 bridgehead atoms. The monoisotopic (exact) mass is 267 g/mol. The topological polar surface area (TPSA) is 72.9 Å². The number of aliphatic carboxylic acids is 1. The van der Waals surface area contributed by atoms with E-state index in [2.05, 4.69) is 5.32 Å². The number of piperidine rings is 1. The van der Waals surface area contributed by atoms with E-state index < -0.39 is 11.5 Å². The largest absolute Gasteiger partial charge is 0.480 e. The van der Waals surface area contributed by atoms with Crippen LogP contribution in [0.1, 0.15) is 25.7 Å². The van der Waals surface area contributed by atoms with E-state index in [1.807, 2.05) is 9.80 Å². The molecule has 6 heteroatoms. The van der Waals surface area contributed by atoms with Gasteiger partial charge in [-0.25, -0.2) is 0 Å². The summed E-state index contributed by atoms with van der Waals surface area (Å²) in [5.74, 6) is -0.803. The number of piperazine rings is 1. The number of carbonyl (C=O) groups excluding carboxylic acids is 1. The molecular weight excluding hydrogens is 246 g/mol. The van der Waals surface area contributed by atoms with E-state index in [0.717, 1.165) is 38.9 Å². The van der Waals surface area contributed by atoms with Gasteiger partial charge in [0, 0.05) is 32.7 Å². The predicted molar refractivity (Wildman–Crippen MR) is 68.8 cm³/mol. The van der Waals surface area contributed by atoms with Crippen molar-refractivity contribution in [3.8, 4) is 0 Å². The summed E-state index contributed by atoms with van der Waals surface area (Å²) in [4.78, 5) is 28.0. The Labute approximate surface area is 112 Å². The molecule has 2 N–H and O–H groups in total. The maximum Gasteiger partial charge on any atom is 0.326 e. The second-order valence-electron chi connectivity index (χ2n) is 5.74. The number of hydrogen-bond donors (Lipinski definition) is 2. The molecule has 3 aliphatic rings. The second-order valence-corrected chi connectivity index (χ2v) is 5.74. The van der Waals surface area contributed by atoms with Crippen LogP contribution in [-0.2, 0) is 9.59 Å². The number of nitrogens with zero attached hydrogens (tertiary/aromatic N) is 2. The highest BCUT2D eigenvalue weighted by atomic mass is 16.4. The fourth-order valence-electron chi connectivity index (χ4n) is 3.92. The average molecular weight is 267 g/mol. The molecule has 3 rings (SSSR count). The van der Waals surface area contributed by atoms with Gasteiger partial charge in [0.25, 0.3) is 0 Å². The smallest absolute Gasteiger partial charge is 0.326 e. The molecule has 1 amide bonds. The van der Waals surface area contributed by atoms with Crippen molar-refractivity contribution in [3.63, 3.8) is 0 Å². The third kappa shape index (κ3) is 1.85. The van der Waals surface area contributed by atoms with Crippen molar-refractivity contribution in [2.24, 2.45) is 0 Å². The van der Waals surface area contributed by atoms with Crippen LogP contribution in [0.2, 0.25) is 0 Å². The third-order valence-electron chi connectivity index (χ3n) is 4.85. The van der Waals surface area contributed by atoms with Gasteiger partial charge in [0.2, 0.25) is 5.91 Å². The lowest BCUT2D eigenvalue weighted by Crippen LogP contribution is -2.65. The minimum Gasteiger partial charge on any atom is -0.480 e. The van der Waals surface area contributed by atoms with E-state index in [1.165, 1.54) is 0 Å². The summed E-state index contributed by atoms with van der Waals surface area (Å²) in [6.45, 7) is 3.75. The van der Waals surface area contributed by atoms with Gasteiger partial charge in [-0.2, -0.15) is 0 Å². The summed E-state index contributed by atoms with van der Waals surface area (Å²) in [5, 5.41) is 13.1. The van der Waals surface area contributed by atoms with Crippen LogP contribution in [0.4, 0.5) is 0 Å². The molecule has 0 spiro atoms. The number of amides is 1. The van der Waals surface area contributed by atoms with E-state index in [4.69, 9.17) is 0 Å². The normalized spacial score (nSPS) is 36.3. The molecule has 3 saturated heterocycles. The quantitative estimate of drug-likeness (QED) is 0.705. The van der Waals surface area contributed by atoms with Gasteiger partial charge >= 0.3 is 5.97 Å². The first-order chi connectivity index (χ1) is 9.16. The van der Waals surface area contributed by atoms with Crippen LogP contribution in [0.5, 0.6) is 0 Å². The van der Waals surface area contributed by atoms with Gasteiger partial charge in [-0.1, -0.05) is 0 Å². The lowest BCUT2D eigenvalue weighted by atomic mass is 9.83. The molecule has 0 radical (unpaired) electrons. The number of carboxylic acids is 1. The summed E-state index contributed by atoms with van der Waals surface area (Å²) in [5.41, 5.74) is -0.987. The van der Waals surface area contributed by atoms with Crippen molar-refractivity contribution in [2.75, 3.05) is 32.7 Å². The van der Waals surface area contributed by atoms with E-state index in [9.17, 15) is 14.7 Å². The zero-order valence-corrected chi connectivity index (χ0v) is 11.1. The van der Waals surface area contributed by atoms with Gasteiger partial charge in [-0.15, -0.1) is 0 Å². The SMILES string of the molecule is O=C1CC(C(=O)O)(N2CCNCC2)C2CCCCN12. The third-order valence-corrected chi connectivity index (χ3v) is 4.85. The summed E-state index contributed by atoms with van der Waals surface area (Å²) < 4.78 is 0. The number of carboxylic acid groups (broad SMARTS) is 1. The Kier molecular flexibility index (Phi) is 3.22.